The molecule has 0 aromatic carbocycles. The SMILES string of the molecule is CO/N=C(\C(=O)NC1C(=O)N2C(C(=O)[O-])=C(C/C=C\C[n+]3ccccc3)CSC12)c1csc(N)n1. The van der Waals surface area contributed by atoms with Crippen LogP contribution >= 0.6 is 23.1 Å². The molecular formula is C22H22N6O5S2. The Morgan fingerprint density at radius 1 is 1.37 bits per heavy atom. The topological polar surface area (TPSA) is 154 Å². The number of hydrogen-bond acceptors (Lipinski definition) is 10. The Morgan fingerprint density at radius 3 is 2.80 bits per heavy atom. The van der Waals surface area contributed by atoms with E-state index in [1.807, 2.05) is 47.3 Å². The first kappa shape index (κ1) is 24.4. The van der Waals surface area contributed by atoms with Gasteiger partial charge in [-0.15, -0.1) is 23.1 Å². The fourth-order valence-corrected chi connectivity index (χ4v) is 5.62. The second-order valence-electron chi connectivity index (χ2n) is 7.54. The molecule has 2 aromatic heterocycles. The molecule has 35 heavy (non-hydrogen) atoms. The van der Waals surface area contributed by atoms with Gasteiger partial charge in [-0.1, -0.05) is 17.3 Å². The number of rotatable bonds is 9. The van der Waals surface area contributed by atoms with Crippen LogP contribution in [0.4, 0.5) is 5.13 Å². The highest BCUT2D eigenvalue weighted by molar-refractivity contribution is 8.00. The van der Waals surface area contributed by atoms with Crippen LogP contribution in [0.15, 0.2) is 64.6 Å². The number of carboxylic acid groups (broad SMARTS) is 1. The summed E-state index contributed by atoms with van der Waals surface area (Å²) in [5.41, 5.74) is 6.15. The first-order chi connectivity index (χ1) is 16.9. The molecule has 1 saturated heterocycles. The summed E-state index contributed by atoms with van der Waals surface area (Å²) in [5, 5.41) is 19.5. The summed E-state index contributed by atoms with van der Waals surface area (Å²) in [4.78, 5) is 47.5. The maximum absolute atomic E-state index is 12.9. The number of aromatic nitrogens is 2. The fourth-order valence-electron chi connectivity index (χ4n) is 3.71. The molecule has 3 N–H and O–H groups in total. The largest absolute Gasteiger partial charge is 0.543 e. The van der Waals surface area contributed by atoms with Crippen molar-refractivity contribution in [1.29, 1.82) is 0 Å². The number of fused-ring (bicyclic) bond motifs is 1. The van der Waals surface area contributed by atoms with Crippen LogP contribution in [0.3, 0.4) is 0 Å². The van der Waals surface area contributed by atoms with Crippen molar-refractivity contribution in [2.45, 2.75) is 24.4 Å². The number of allylic oxidation sites excluding steroid dienone is 2. The maximum Gasteiger partial charge on any atom is 0.276 e. The van der Waals surface area contributed by atoms with Gasteiger partial charge in [0.2, 0.25) is 0 Å². The number of anilines is 1. The number of nitrogen functional groups attached to an aromatic ring is 1. The molecule has 0 bridgehead atoms. The molecule has 1 fully saturated rings. The molecule has 13 heteroatoms. The summed E-state index contributed by atoms with van der Waals surface area (Å²) in [6, 6.07) is 4.84. The summed E-state index contributed by atoms with van der Waals surface area (Å²) in [6.45, 7) is 0.636. The number of carbonyl (C=O) groups is 3. The zero-order valence-electron chi connectivity index (χ0n) is 18.6. The number of β-lactam (4-membered cyclic amide) rings is 1. The summed E-state index contributed by atoms with van der Waals surface area (Å²) >= 11 is 2.50. The van der Waals surface area contributed by atoms with Crippen molar-refractivity contribution in [3.63, 3.8) is 0 Å². The normalized spacial score (nSPS) is 20.0. The van der Waals surface area contributed by atoms with E-state index in [0.29, 0.717) is 24.3 Å². The van der Waals surface area contributed by atoms with E-state index in [1.165, 1.54) is 23.8 Å². The standard InChI is InChI=1S/C22H22N6O5S2/c1-33-26-15(14-12-35-22(23)24-14)18(29)25-16-19(30)28-17(21(31)32)13(11-34-20(16)28)7-3-6-10-27-8-4-2-5-9-27/h2-6,8-9,12,16,20H,7,10-11H2,1H3,(H3-,23,24,25,29,31,32)/b6-3-,26-15-. The minimum absolute atomic E-state index is 0.134. The minimum atomic E-state index is -1.42. The molecule has 0 spiro atoms. The Bertz CT molecular complexity index is 1230. The highest BCUT2D eigenvalue weighted by Gasteiger charge is 2.53. The number of pyridine rings is 1. The van der Waals surface area contributed by atoms with Crippen LogP contribution in [-0.4, -0.2) is 57.7 Å². The smallest absolute Gasteiger partial charge is 0.276 e. The van der Waals surface area contributed by atoms with Gasteiger partial charge in [-0.05, 0) is 18.1 Å². The first-order valence-electron chi connectivity index (χ1n) is 10.5. The van der Waals surface area contributed by atoms with Gasteiger partial charge in [0, 0.05) is 23.3 Å². The van der Waals surface area contributed by atoms with Crippen molar-refractivity contribution in [3.8, 4) is 0 Å². The zero-order valence-corrected chi connectivity index (χ0v) is 20.3. The number of thiazole rings is 1. The molecule has 0 saturated carbocycles. The molecule has 11 nitrogen and oxygen atoms in total. The fraction of sp³-hybridized carbons (Fsp3) is 0.273. The van der Waals surface area contributed by atoms with Crippen molar-refractivity contribution in [1.82, 2.24) is 15.2 Å². The third kappa shape index (κ3) is 5.20. The van der Waals surface area contributed by atoms with Gasteiger partial charge in [-0.3, -0.25) is 14.5 Å². The lowest BCUT2D eigenvalue weighted by Gasteiger charge is -2.50. The van der Waals surface area contributed by atoms with Crippen LogP contribution in [0.25, 0.3) is 0 Å². The lowest BCUT2D eigenvalue weighted by molar-refractivity contribution is -0.687. The van der Waals surface area contributed by atoms with Gasteiger partial charge in [0.1, 0.15) is 24.2 Å². The average molecular weight is 515 g/mol. The molecule has 0 radical (unpaired) electrons. The molecule has 2 aromatic rings. The van der Waals surface area contributed by atoms with E-state index in [-0.39, 0.29) is 22.2 Å². The van der Waals surface area contributed by atoms with E-state index in [1.54, 1.807) is 5.38 Å². The molecule has 182 valence electrons. The summed E-state index contributed by atoms with van der Waals surface area (Å²) in [5.74, 6) is -2.25. The third-order valence-corrected chi connectivity index (χ3v) is 7.33. The van der Waals surface area contributed by atoms with Gasteiger partial charge in [-0.2, -0.15) is 0 Å². The number of thioether (sulfide) groups is 1. The Balaban J connectivity index is 1.44. The van der Waals surface area contributed by atoms with E-state index < -0.39 is 29.2 Å². The Hall–Kier alpha value is -3.71. The van der Waals surface area contributed by atoms with Gasteiger partial charge in [0.25, 0.3) is 11.8 Å². The predicted octanol–water partition coefficient (Wildman–Crippen LogP) is -0.586. The second kappa shape index (κ2) is 10.7. The quantitative estimate of drug-likeness (QED) is 0.148. The van der Waals surface area contributed by atoms with Crippen molar-refractivity contribution in [2.24, 2.45) is 5.16 Å². The van der Waals surface area contributed by atoms with Crippen LogP contribution < -0.4 is 20.7 Å². The van der Waals surface area contributed by atoms with Gasteiger partial charge < -0.3 is 25.8 Å². The molecule has 2 atom stereocenters. The summed E-state index contributed by atoms with van der Waals surface area (Å²) < 4.78 is 1.98. The summed E-state index contributed by atoms with van der Waals surface area (Å²) in [7, 11) is 1.28. The molecule has 2 aliphatic heterocycles. The van der Waals surface area contributed by atoms with Crippen molar-refractivity contribution in [3.05, 3.63) is 65.1 Å². The molecule has 0 aliphatic carbocycles. The number of nitrogens with one attached hydrogen (secondary N) is 1. The first-order valence-corrected chi connectivity index (χ1v) is 12.4. The van der Waals surface area contributed by atoms with Crippen LogP contribution in [-0.2, 0) is 25.8 Å². The van der Waals surface area contributed by atoms with Crippen LogP contribution in [0.5, 0.6) is 0 Å². The zero-order chi connectivity index (χ0) is 24.9. The number of amides is 2. The number of carboxylic acids is 1. The highest BCUT2D eigenvalue weighted by Crippen LogP contribution is 2.41. The van der Waals surface area contributed by atoms with Crippen LogP contribution in [0.1, 0.15) is 12.1 Å². The van der Waals surface area contributed by atoms with Crippen LogP contribution in [0, 0.1) is 0 Å². The van der Waals surface area contributed by atoms with Crippen LogP contribution in [0.2, 0.25) is 0 Å². The average Bonchev–Trinajstić information content (AvgIpc) is 3.29. The lowest BCUT2D eigenvalue weighted by Crippen LogP contribution is -2.71. The van der Waals surface area contributed by atoms with E-state index in [4.69, 9.17) is 10.6 Å². The number of carbonyl (C=O) groups excluding carboxylic acids is 3. The Morgan fingerprint density at radius 2 is 2.14 bits per heavy atom. The Labute approximate surface area is 209 Å². The third-order valence-electron chi connectivity index (χ3n) is 5.31. The molecule has 2 unspecified atom stereocenters. The van der Waals surface area contributed by atoms with Gasteiger partial charge in [-0.25, -0.2) is 9.55 Å². The second-order valence-corrected chi connectivity index (χ2v) is 9.54. The molecular weight excluding hydrogens is 492 g/mol. The lowest BCUT2D eigenvalue weighted by atomic mass is 10.0. The van der Waals surface area contributed by atoms with E-state index in [2.05, 4.69) is 15.5 Å². The van der Waals surface area contributed by atoms with Crippen molar-refractivity contribution in [2.75, 3.05) is 18.6 Å². The van der Waals surface area contributed by atoms with E-state index in [0.717, 1.165) is 11.3 Å². The van der Waals surface area contributed by atoms with Gasteiger partial charge in [0.15, 0.2) is 29.8 Å². The monoisotopic (exact) mass is 514 g/mol. The van der Waals surface area contributed by atoms with Crippen molar-refractivity contribution >= 4 is 51.7 Å². The summed E-state index contributed by atoms with van der Waals surface area (Å²) in [6.07, 6.45) is 8.02. The van der Waals surface area contributed by atoms with E-state index in [9.17, 15) is 19.5 Å². The molecule has 4 rings (SSSR count). The number of hydrogen-bond donors (Lipinski definition) is 2. The van der Waals surface area contributed by atoms with Gasteiger partial charge >= 0.3 is 0 Å². The number of aliphatic carboxylic acids is 1. The molecule has 2 amide bonds. The molecule has 2 aliphatic rings. The van der Waals surface area contributed by atoms with E-state index >= 15 is 0 Å². The Kier molecular flexibility index (Phi) is 7.46. The number of oxime groups is 1. The minimum Gasteiger partial charge on any atom is -0.543 e. The highest BCUT2D eigenvalue weighted by atomic mass is 32.2. The van der Waals surface area contributed by atoms with Crippen molar-refractivity contribution < 1.29 is 28.9 Å². The van der Waals surface area contributed by atoms with Gasteiger partial charge in [0.05, 0.1) is 11.7 Å². The predicted molar refractivity (Wildman–Crippen MR) is 128 cm³/mol. The molecule has 4 heterocycles. The number of nitrogens with zero attached hydrogens (tertiary/aromatic N) is 4. The number of nitrogens with two attached hydrogens (primary N) is 1. The maximum atomic E-state index is 12.9.